The predicted molar refractivity (Wildman–Crippen MR) is 104 cm³/mol. The van der Waals surface area contributed by atoms with E-state index in [1.54, 1.807) is 11.1 Å². The summed E-state index contributed by atoms with van der Waals surface area (Å²) in [6.45, 7) is 5.97. The number of morpholine rings is 1. The topological polar surface area (TPSA) is 74.4 Å². The normalized spacial score (nSPS) is 17.0. The molecule has 1 saturated heterocycles. The molecular formula is C21H27N3O3. The largest absolute Gasteiger partial charge is 0.377 e. The van der Waals surface area contributed by atoms with Gasteiger partial charge in [0, 0.05) is 25.7 Å². The second-order valence-corrected chi connectivity index (χ2v) is 7.05. The van der Waals surface area contributed by atoms with Gasteiger partial charge in [0.15, 0.2) is 0 Å². The van der Waals surface area contributed by atoms with Crippen LogP contribution < -0.4 is 5.32 Å². The highest BCUT2D eigenvalue weighted by molar-refractivity contribution is 5.93. The number of rotatable bonds is 6. The molecule has 6 nitrogen and oxygen atoms in total. The smallest absolute Gasteiger partial charge is 0.270 e. The number of hydrogen-bond acceptors (Lipinski definition) is 3. The Bertz CT molecular complexity index is 799. The highest BCUT2D eigenvalue weighted by atomic mass is 16.5. The van der Waals surface area contributed by atoms with Gasteiger partial charge < -0.3 is 19.9 Å². The van der Waals surface area contributed by atoms with Gasteiger partial charge >= 0.3 is 0 Å². The zero-order valence-corrected chi connectivity index (χ0v) is 16.0. The van der Waals surface area contributed by atoms with E-state index >= 15 is 0 Å². The van der Waals surface area contributed by atoms with Crippen LogP contribution in [-0.2, 0) is 16.0 Å². The summed E-state index contributed by atoms with van der Waals surface area (Å²) in [5.41, 5.74) is 4.03. The molecule has 0 aliphatic carbocycles. The quantitative estimate of drug-likeness (QED) is 0.820. The number of aryl methyl sites for hydroxylation is 2. The average Bonchev–Trinajstić information content (AvgIpc) is 3.09. The lowest BCUT2D eigenvalue weighted by molar-refractivity contribution is -0.123. The lowest BCUT2D eigenvalue weighted by atomic mass is 10.1. The number of benzene rings is 1. The van der Waals surface area contributed by atoms with Gasteiger partial charge in [0.25, 0.3) is 5.91 Å². The zero-order valence-electron chi connectivity index (χ0n) is 16.0. The Kier molecular flexibility index (Phi) is 6.29. The lowest BCUT2D eigenvalue weighted by Crippen LogP contribution is -2.50. The summed E-state index contributed by atoms with van der Waals surface area (Å²) in [7, 11) is 0. The van der Waals surface area contributed by atoms with Crippen LogP contribution in [0.25, 0.3) is 0 Å². The van der Waals surface area contributed by atoms with Crippen molar-refractivity contribution in [2.45, 2.75) is 32.7 Å². The molecule has 3 rings (SSSR count). The van der Waals surface area contributed by atoms with E-state index in [0.29, 0.717) is 32.0 Å². The molecule has 6 heteroatoms. The number of carbonyl (C=O) groups is 2. The number of amides is 2. The Morgan fingerprint density at radius 3 is 2.85 bits per heavy atom. The number of H-pyrrole nitrogens is 1. The number of aromatic nitrogens is 1. The molecule has 2 N–H and O–H groups in total. The summed E-state index contributed by atoms with van der Waals surface area (Å²) in [5, 5.41) is 2.97. The molecule has 144 valence electrons. The maximum Gasteiger partial charge on any atom is 0.270 e. The van der Waals surface area contributed by atoms with Crippen LogP contribution in [-0.4, -0.2) is 54.0 Å². The van der Waals surface area contributed by atoms with E-state index in [4.69, 9.17) is 4.74 Å². The minimum Gasteiger partial charge on any atom is -0.377 e. The van der Waals surface area contributed by atoms with Crippen LogP contribution >= 0.6 is 0 Å². The number of aromatic amines is 1. The third-order valence-corrected chi connectivity index (χ3v) is 4.94. The molecule has 2 amide bonds. The molecule has 0 bridgehead atoms. The van der Waals surface area contributed by atoms with E-state index < -0.39 is 0 Å². The fraction of sp³-hybridized carbons (Fsp3) is 0.429. The fourth-order valence-corrected chi connectivity index (χ4v) is 3.39. The van der Waals surface area contributed by atoms with Crippen molar-refractivity contribution in [1.82, 2.24) is 15.2 Å². The highest BCUT2D eigenvalue weighted by Crippen LogP contribution is 2.15. The molecule has 1 atom stereocenters. The molecule has 0 unspecified atom stereocenters. The van der Waals surface area contributed by atoms with E-state index in [9.17, 15) is 9.59 Å². The van der Waals surface area contributed by atoms with Crippen LogP contribution in [0, 0.1) is 13.8 Å². The first kappa shape index (κ1) is 19.2. The number of nitrogens with one attached hydrogen (secondary N) is 2. The van der Waals surface area contributed by atoms with Crippen LogP contribution in [0.2, 0.25) is 0 Å². The molecular weight excluding hydrogens is 342 g/mol. The minimum atomic E-state index is -0.242. The van der Waals surface area contributed by atoms with E-state index in [1.165, 1.54) is 11.1 Å². The Hall–Kier alpha value is -2.60. The molecule has 1 aromatic carbocycles. The van der Waals surface area contributed by atoms with Gasteiger partial charge in [-0.15, -0.1) is 0 Å². The van der Waals surface area contributed by atoms with E-state index in [1.807, 2.05) is 25.1 Å². The average molecular weight is 369 g/mol. The van der Waals surface area contributed by atoms with Crippen molar-refractivity contribution in [1.29, 1.82) is 0 Å². The van der Waals surface area contributed by atoms with Gasteiger partial charge in [0.2, 0.25) is 5.91 Å². The van der Waals surface area contributed by atoms with Crippen molar-refractivity contribution in [2.24, 2.45) is 0 Å². The van der Waals surface area contributed by atoms with Gasteiger partial charge in [-0.2, -0.15) is 0 Å². The molecule has 27 heavy (non-hydrogen) atoms. The minimum absolute atomic E-state index is 0.0560. The third kappa shape index (κ3) is 4.98. The Morgan fingerprint density at radius 1 is 1.30 bits per heavy atom. The summed E-state index contributed by atoms with van der Waals surface area (Å²) in [6, 6.07) is 9.76. The Morgan fingerprint density at radius 2 is 2.11 bits per heavy atom. The Labute approximate surface area is 159 Å². The predicted octanol–water partition coefficient (Wildman–Crippen LogP) is 2.22. The molecule has 0 spiro atoms. The van der Waals surface area contributed by atoms with Crippen LogP contribution in [0.3, 0.4) is 0 Å². The van der Waals surface area contributed by atoms with Gasteiger partial charge in [0.05, 0.1) is 19.3 Å². The fourth-order valence-electron chi connectivity index (χ4n) is 3.39. The Balaban J connectivity index is 1.53. The molecule has 0 saturated carbocycles. The van der Waals surface area contributed by atoms with Crippen molar-refractivity contribution in [2.75, 3.05) is 26.3 Å². The first-order chi connectivity index (χ1) is 13.0. The van der Waals surface area contributed by atoms with Gasteiger partial charge in [-0.1, -0.05) is 24.3 Å². The molecule has 1 fully saturated rings. The monoisotopic (exact) mass is 369 g/mol. The molecule has 2 heterocycles. The number of nitrogens with zero attached hydrogens (tertiary/aromatic N) is 1. The maximum absolute atomic E-state index is 12.7. The highest BCUT2D eigenvalue weighted by Gasteiger charge is 2.30. The van der Waals surface area contributed by atoms with Crippen LogP contribution in [0.1, 0.15) is 33.6 Å². The summed E-state index contributed by atoms with van der Waals surface area (Å²) in [4.78, 5) is 29.9. The van der Waals surface area contributed by atoms with Crippen molar-refractivity contribution in [3.63, 3.8) is 0 Å². The van der Waals surface area contributed by atoms with E-state index in [-0.39, 0.29) is 24.3 Å². The van der Waals surface area contributed by atoms with E-state index in [0.717, 1.165) is 12.0 Å². The van der Waals surface area contributed by atoms with Gasteiger partial charge in [-0.05, 0) is 43.0 Å². The van der Waals surface area contributed by atoms with Crippen LogP contribution in [0.15, 0.2) is 36.5 Å². The first-order valence-corrected chi connectivity index (χ1v) is 9.39. The second-order valence-electron chi connectivity index (χ2n) is 7.05. The first-order valence-electron chi connectivity index (χ1n) is 9.39. The van der Waals surface area contributed by atoms with Crippen molar-refractivity contribution < 1.29 is 14.3 Å². The lowest BCUT2D eigenvalue weighted by Gasteiger charge is -2.35. The standard InChI is InChI=1S/C21H27N3O3/c1-15-11-19(23-13-15)21(26)24-9-10-27-14-18(24)12-20(25)22-8-7-17-6-4-3-5-16(17)2/h3-6,11,13,18,23H,7-10,12,14H2,1-2H3,(H,22,25)/t18-/m0/s1. The van der Waals surface area contributed by atoms with Crippen molar-refractivity contribution in [3.8, 4) is 0 Å². The summed E-state index contributed by atoms with van der Waals surface area (Å²) in [6.07, 6.45) is 2.85. The summed E-state index contributed by atoms with van der Waals surface area (Å²) < 4.78 is 5.51. The van der Waals surface area contributed by atoms with Gasteiger partial charge in [0.1, 0.15) is 5.69 Å². The van der Waals surface area contributed by atoms with Gasteiger partial charge in [-0.3, -0.25) is 9.59 Å². The molecule has 1 aliphatic heterocycles. The summed E-state index contributed by atoms with van der Waals surface area (Å²) in [5.74, 6) is -0.135. The second kappa shape index (κ2) is 8.86. The summed E-state index contributed by atoms with van der Waals surface area (Å²) >= 11 is 0. The molecule has 2 aromatic rings. The maximum atomic E-state index is 12.7. The third-order valence-electron chi connectivity index (χ3n) is 4.94. The van der Waals surface area contributed by atoms with Gasteiger partial charge in [-0.25, -0.2) is 0 Å². The molecule has 0 radical (unpaired) electrons. The zero-order chi connectivity index (χ0) is 19.2. The molecule has 1 aliphatic rings. The van der Waals surface area contributed by atoms with Crippen molar-refractivity contribution in [3.05, 3.63) is 58.9 Å². The SMILES string of the molecule is Cc1c[nH]c(C(=O)N2CCOC[C@@H]2CC(=O)NCCc2ccccc2C)c1. The van der Waals surface area contributed by atoms with E-state index in [2.05, 4.69) is 29.4 Å². The number of hydrogen-bond donors (Lipinski definition) is 2. The molecule has 1 aromatic heterocycles. The van der Waals surface area contributed by atoms with Crippen LogP contribution in [0.4, 0.5) is 0 Å². The van der Waals surface area contributed by atoms with Crippen LogP contribution in [0.5, 0.6) is 0 Å². The number of ether oxygens (including phenoxy) is 1. The van der Waals surface area contributed by atoms with Crippen molar-refractivity contribution >= 4 is 11.8 Å². The number of carbonyl (C=O) groups excluding carboxylic acids is 2.